The van der Waals surface area contributed by atoms with Gasteiger partial charge in [-0.1, -0.05) is 12.1 Å². The van der Waals surface area contributed by atoms with Crippen molar-refractivity contribution in [3.8, 4) is 5.88 Å². The monoisotopic (exact) mass is 387 g/mol. The number of rotatable bonds is 5. The van der Waals surface area contributed by atoms with Crippen LogP contribution in [0.2, 0.25) is 0 Å². The van der Waals surface area contributed by atoms with Crippen LogP contribution in [0.15, 0.2) is 59.7 Å². The molecule has 4 N–H and O–H groups in total. The summed E-state index contributed by atoms with van der Waals surface area (Å²) in [6, 6.07) is 13.6. The Bertz CT molecular complexity index is 1240. The van der Waals surface area contributed by atoms with E-state index in [4.69, 9.17) is 0 Å². The zero-order valence-electron chi connectivity index (χ0n) is 15.4. The van der Waals surface area contributed by atoms with Gasteiger partial charge in [0.05, 0.1) is 11.8 Å². The van der Waals surface area contributed by atoms with E-state index in [1.165, 1.54) is 13.1 Å². The molecule has 2 heterocycles. The smallest absolute Gasteiger partial charge is 0.221 e. The number of hydrogen-bond donors (Lipinski definition) is 4. The predicted octanol–water partition coefficient (Wildman–Crippen LogP) is 3.54. The Hall–Kier alpha value is -4.20. The largest absolute Gasteiger partial charge is 0.494 e. The molecule has 8 heteroatoms. The third-order valence-electron chi connectivity index (χ3n) is 4.34. The molecular formula is C21H17N5O3. The molecule has 2 aromatic heterocycles. The lowest BCUT2D eigenvalue weighted by molar-refractivity contribution is -0.114. The number of H-pyrrole nitrogens is 2. The highest BCUT2D eigenvalue weighted by molar-refractivity contribution is 6.13. The molecular weight excluding hydrogens is 370 g/mol. The third kappa shape index (κ3) is 3.77. The minimum absolute atomic E-state index is 0.0412. The highest BCUT2D eigenvalue weighted by atomic mass is 16.3. The molecule has 1 amide bonds. The van der Waals surface area contributed by atoms with E-state index in [2.05, 4.69) is 25.5 Å². The van der Waals surface area contributed by atoms with Gasteiger partial charge in [-0.15, -0.1) is 0 Å². The van der Waals surface area contributed by atoms with E-state index in [1.807, 2.05) is 0 Å². The highest BCUT2D eigenvalue weighted by Gasteiger charge is 2.15. The molecule has 4 rings (SSSR count). The third-order valence-corrected chi connectivity index (χ3v) is 4.34. The molecule has 0 aliphatic carbocycles. The van der Waals surface area contributed by atoms with E-state index in [1.54, 1.807) is 54.7 Å². The first-order valence-corrected chi connectivity index (χ1v) is 8.82. The van der Waals surface area contributed by atoms with Crippen molar-refractivity contribution in [2.45, 2.75) is 6.92 Å². The molecule has 0 aliphatic rings. The number of ketones is 1. The average Bonchev–Trinajstić information content (AvgIpc) is 3.32. The van der Waals surface area contributed by atoms with Crippen molar-refractivity contribution in [1.29, 1.82) is 0 Å². The van der Waals surface area contributed by atoms with Crippen LogP contribution in [-0.4, -0.2) is 38.2 Å². The van der Waals surface area contributed by atoms with Gasteiger partial charge < -0.3 is 15.4 Å². The fraction of sp³-hybridized carbons (Fsp3) is 0.0476. The Balaban J connectivity index is 1.71. The van der Waals surface area contributed by atoms with Gasteiger partial charge in [-0.2, -0.15) is 5.10 Å². The van der Waals surface area contributed by atoms with Gasteiger partial charge in [-0.3, -0.25) is 14.7 Å². The Labute approximate surface area is 165 Å². The number of aromatic amines is 2. The number of carbonyl (C=O) groups excluding carboxylic acids is 2. The fourth-order valence-corrected chi connectivity index (χ4v) is 3.03. The van der Waals surface area contributed by atoms with Crippen molar-refractivity contribution in [1.82, 2.24) is 15.2 Å². The summed E-state index contributed by atoms with van der Waals surface area (Å²) in [5.41, 5.74) is 2.60. The number of nitrogens with zero attached hydrogens (tertiary/aromatic N) is 2. The maximum atomic E-state index is 13.0. The number of hydrogen-bond acceptors (Lipinski definition) is 5. The van der Waals surface area contributed by atoms with Crippen LogP contribution < -0.4 is 5.32 Å². The zero-order valence-corrected chi connectivity index (χ0v) is 15.4. The molecule has 0 aliphatic heterocycles. The van der Waals surface area contributed by atoms with E-state index < -0.39 is 0 Å². The number of nitrogens with one attached hydrogen (secondary N) is 3. The van der Waals surface area contributed by atoms with Gasteiger partial charge in [0.25, 0.3) is 0 Å². The van der Waals surface area contributed by atoms with Gasteiger partial charge in [-0.05, 0) is 30.3 Å². The average molecular weight is 387 g/mol. The second-order valence-electron chi connectivity index (χ2n) is 6.44. The Morgan fingerprint density at radius 3 is 2.72 bits per heavy atom. The van der Waals surface area contributed by atoms with Gasteiger partial charge in [0, 0.05) is 46.9 Å². The van der Waals surface area contributed by atoms with E-state index in [0.717, 1.165) is 0 Å². The molecule has 8 nitrogen and oxygen atoms in total. The van der Waals surface area contributed by atoms with Crippen molar-refractivity contribution in [3.05, 3.63) is 71.4 Å². The van der Waals surface area contributed by atoms with Crippen molar-refractivity contribution >= 4 is 40.3 Å². The molecule has 2 aromatic carbocycles. The molecule has 29 heavy (non-hydrogen) atoms. The van der Waals surface area contributed by atoms with Gasteiger partial charge in [0.1, 0.15) is 5.82 Å². The summed E-state index contributed by atoms with van der Waals surface area (Å²) in [5.74, 6) is 0.0950. The SMILES string of the molecule is CC(=O)Nc1cccc(C(=O)c2ccc3[nH]c(O)c(C=Nc4ccn[nH]4)c3c2)c1. The molecule has 0 fully saturated rings. The van der Waals surface area contributed by atoms with E-state index in [0.29, 0.717) is 39.1 Å². The number of amides is 1. The number of carbonyl (C=O) groups is 2. The number of anilines is 1. The molecule has 4 aromatic rings. The van der Waals surface area contributed by atoms with Gasteiger partial charge in [-0.25, -0.2) is 4.99 Å². The normalized spacial score (nSPS) is 11.2. The molecule has 0 saturated heterocycles. The maximum Gasteiger partial charge on any atom is 0.221 e. The minimum atomic E-state index is -0.208. The molecule has 0 saturated carbocycles. The van der Waals surface area contributed by atoms with Gasteiger partial charge >= 0.3 is 0 Å². The van der Waals surface area contributed by atoms with Crippen molar-refractivity contribution in [2.75, 3.05) is 5.32 Å². The minimum Gasteiger partial charge on any atom is -0.494 e. The summed E-state index contributed by atoms with van der Waals surface area (Å²) in [6.07, 6.45) is 3.08. The van der Waals surface area contributed by atoms with Crippen LogP contribution in [0.25, 0.3) is 10.9 Å². The van der Waals surface area contributed by atoms with E-state index in [-0.39, 0.29) is 17.6 Å². The van der Waals surface area contributed by atoms with Crippen LogP contribution in [0.5, 0.6) is 5.88 Å². The molecule has 0 atom stereocenters. The summed E-state index contributed by atoms with van der Waals surface area (Å²) in [6.45, 7) is 1.41. The first-order chi connectivity index (χ1) is 14.0. The summed E-state index contributed by atoms with van der Waals surface area (Å²) in [4.78, 5) is 31.3. The molecule has 0 unspecified atom stereocenters. The van der Waals surface area contributed by atoms with Crippen molar-refractivity contribution in [3.63, 3.8) is 0 Å². The second kappa shape index (κ2) is 7.43. The molecule has 0 spiro atoms. The van der Waals surface area contributed by atoms with Crippen LogP contribution in [-0.2, 0) is 4.79 Å². The number of benzene rings is 2. The summed E-state index contributed by atoms with van der Waals surface area (Å²) in [5, 5.41) is 20.1. The summed E-state index contributed by atoms with van der Waals surface area (Å²) in [7, 11) is 0. The first-order valence-electron chi connectivity index (χ1n) is 8.82. The number of fused-ring (bicyclic) bond motifs is 1. The number of aromatic hydroxyl groups is 1. The molecule has 0 bridgehead atoms. The lowest BCUT2D eigenvalue weighted by atomic mass is 10.0. The van der Waals surface area contributed by atoms with Crippen molar-refractivity contribution < 1.29 is 14.7 Å². The van der Waals surface area contributed by atoms with Crippen LogP contribution in [0.1, 0.15) is 28.4 Å². The zero-order chi connectivity index (χ0) is 20.4. The Morgan fingerprint density at radius 1 is 1.14 bits per heavy atom. The topological polar surface area (TPSA) is 123 Å². The molecule has 0 radical (unpaired) electrons. The first kappa shape index (κ1) is 18.2. The Morgan fingerprint density at radius 2 is 1.97 bits per heavy atom. The number of aliphatic imine (C=N–C) groups is 1. The molecule has 144 valence electrons. The lowest BCUT2D eigenvalue weighted by Gasteiger charge is -2.06. The summed E-state index contributed by atoms with van der Waals surface area (Å²) < 4.78 is 0. The van der Waals surface area contributed by atoms with Crippen LogP contribution in [0, 0.1) is 0 Å². The highest BCUT2D eigenvalue weighted by Crippen LogP contribution is 2.28. The lowest BCUT2D eigenvalue weighted by Crippen LogP contribution is -2.07. The van der Waals surface area contributed by atoms with Crippen LogP contribution >= 0.6 is 0 Å². The quantitative estimate of drug-likeness (QED) is 0.309. The maximum absolute atomic E-state index is 13.0. The predicted molar refractivity (Wildman–Crippen MR) is 110 cm³/mol. The van der Waals surface area contributed by atoms with Crippen LogP contribution in [0.4, 0.5) is 11.5 Å². The summed E-state index contributed by atoms with van der Waals surface area (Å²) >= 11 is 0. The standard InChI is InChI=1S/C21H17N5O3/c1-12(27)24-15-4-2-3-13(9-15)20(28)14-5-6-18-16(10-14)17(21(29)25-18)11-22-19-7-8-23-26-19/h2-11,25,29H,1H3,(H,23,26)(H,24,27). The second-order valence-corrected chi connectivity index (χ2v) is 6.44. The van der Waals surface area contributed by atoms with Crippen molar-refractivity contribution in [2.24, 2.45) is 4.99 Å². The van der Waals surface area contributed by atoms with E-state index >= 15 is 0 Å². The van der Waals surface area contributed by atoms with Gasteiger partial charge in [0.2, 0.25) is 5.91 Å². The van der Waals surface area contributed by atoms with E-state index in [9.17, 15) is 14.7 Å². The number of aromatic nitrogens is 3. The fourth-order valence-electron chi connectivity index (χ4n) is 3.03. The Kier molecular flexibility index (Phi) is 4.66. The van der Waals surface area contributed by atoms with Crippen LogP contribution in [0.3, 0.4) is 0 Å². The van der Waals surface area contributed by atoms with Gasteiger partial charge in [0.15, 0.2) is 11.7 Å².